The summed E-state index contributed by atoms with van der Waals surface area (Å²) in [5.74, 6) is -0.109. The Balaban J connectivity index is 1.86. The molecule has 2 aromatic rings. The van der Waals surface area contributed by atoms with E-state index in [4.69, 9.17) is 0 Å². The molecule has 1 aromatic heterocycles. The molecule has 5 nitrogen and oxygen atoms in total. The number of carbonyl (C=O) groups is 2. The summed E-state index contributed by atoms with van der Waals surface area (Å²) in [4.78, 5) is 30.4. The van der Waals surface area contributed by atoms with Gasteiger partial charge in [0.15, 0.2) is 0 Å². The van der Waals surface area contributed by atoms with Crippen molar-refractivity contribution in [3.05, 3.63) is 53.9 Å². The van der Waals surface area contributed by atoms with Crippen molar-refractivity contribution < 1.29 is 9.59 Å². The molecule has 1 aliphatic heterocycles. The van der Waals surface area contributed by atoms with E-state index in [1.807, 2.05) is 32.0 Å². The van der Waals surface area contributed by atoms with E-state index in [0.717, 1.165) is 29.8 Å². The van der Waals surface area contributed by atoms with Gasteiger partial charge in [-0.1, -0.05) is 13.8 Å². The zero-order valence-electron chi connectivity index (χ0n) is 14.0. The number of benzene rings is 1. The highest BCUT2D eigenvalue weighted by molar-refractivity contribution is 6.06. The minimum absolute atomic E-state index is 0.00551. The van der Waals surface area contributed by atoms with Crippen molar-refractivity contribution in [2.45, 2.75) is 26.7 Å². The van der Waals surface area contributed by atoms with Crippen LogP contribution < -0.4 is 10.2 Å². The van der Waals surface area contributed by atoms with Gasteiger partial charge in [-0.2, -0.15) is 0 Å². The van der Waals surface area contributed by atoms with Gasteiger partial charge in [-0.3, -0.25) is 14.6 Å². The minimum Gasteiger partial charge on any atom is -0.326 e. The third-order valence-electron chi connectivity index (χ3n) is 4.14. The van der Waals surface area contributed by atoms with E-state index in [1.165, 1.54) is 0 Å². The number of nitrogens with zero attached hydrogens (tertiary/aromatic N) is 2. The number of amides is 2. The molecule has 0 spiro atoms. The summed E-state index contributed by atoms with van der Waals surface area (Å²) in [5.41, 5.74) is 3.36. The van der Waals surface area contributed by atoms with Crippen LogP contribution in [0.15, 0.2) is 42.7 Å². The highest BCUT2D eigenvalue weighted by Gasteiger charge is 2.24. The largest absolute Gasteiger partial charge is 0.326 e. The molecule has 1 aromatic carbocycles. The monoisotopic (exact) mass is 323 g/mol. The summed E-state index contributed by atoms with van der Waals surface area (Å²) in [7, 11) is 0. The summed E-state index contributed by atoms with van der Waals surface area (Å²) in [6, 6.07) is 9.29. The van der Waals surface area contributed by atoms with Crippen molar-refractivity contribution in [3.8, 4) is 0 Å². The van der Waals surface area contributed by atoms with Gasteiger partial charge in [-0.05, 0) is 48.7 Å². The van der Waals surface area contributed by atoms with Gasteiger partial charge >= 0.3 is 0 Å². The topological polar surface area (TPSA) is 62.3 Å². The summed E-state index contributed by atoms with van der Waals surface area (Å²) < 4.78 is 0. The van der Waals surface area contributed by atoms with Gasteiger partial charge in [0.05, 0.1) is 5.56 Å². The molecule has 1 aliphatic rings. The first-order valence-electron chi connectivity index (χ1n) is 8.22. The second-order valence-corrected chi connectivity index (χ2v) is 6.29. The molecule has 0 radical (unpaired) electrons. The van der Waals surface area contributed by atoms with Gasteiger partial charge in [0.2, 0.25) is 5.91 Å². The molecule has 2 heterocycles. The fourth-order valence-electron chi connectivity index (χ4n) is 2.82. The van der Waals surface area contributed by atoms with Gasteiger partial charge in [0.1, 0.15) is 0 Å². The number of pyridine rings is 1. The van der Waals surface area contributed by atoms with Crippen LogP contribution in [0, 0.1) is 5.92 Å². The number of hydrogen-bond acceptors (Lipinski definition) is 3. The molecule has 5 heteroatoms. The van der Waals surface area contributed by atoms with E-state index < -0.39 is 0 Å². The second-order valence-electron chi connectivity index (χ2n) is 6.29. The number of anilines is 2. The number of carbonyl (C=O) groups excluding carboxylic acids is 2. The zero-order chi connectivity index (χ0) is 17.1. The first kappa shape index (κ1) is 16.2. The SMILES string of the molecule is CC(C)C(=O)Nc1ccc2c(c1)CCCN2C(=O)c1cccnc1. The van der Waals surface area contributed by atoms with Crippen LogP contribution in [-0.2, 0) is 11.2 Å². The Kier molecular flexibility index (Phi) is 4.60. The Hall–Kier alpha value is -2.69. The molecule has 0 unspecified atom stereocenters. The molecule has 0 fully saturated rings. The summed E-state index contributed by atoms with van der Waals surface area (Å²) in [5, 5.41) is 2.91. The maximum atomic E-state index is 12.7. The summed E-state index contributed by atoms with van der Waals surface area (Å²) in [6.07, 6.45) is 5.05. The van der Waals surface area contributed by atoms with Crippen molar-refractivity contribution in [2.24, 2.45) is 5.92 Å². The summed E-state index contributed by atoms with van der Waals surface area (Å²) in [6.45, 7) is 4.42. The van der Waals surface area contributed by atoms with Crippen LogP contribution >= 0.6 is 0 Å². The average Bonchev–Trinajstić information content (AvgIpc) is 2.61. The third-order valence-corrected chi connectivity index (χ3v) is 4.14. The molecule has 1 N–H and O–H groups in total. The van der Waals surface area contributed by atoms with Crippen LogP contribution in [0.5, 0.6) is 0 Å². The Morgan fingerprint density at radius 2 is 2.08 bits per heavy atom. The number of rotatable bonds is 3. The lowest BCUT2D eigenvalue weighted by Crippen LogP contribution is -2.35. The van der Waals surface area contributed by atoms with Gasteiger partial charge in [-0.15, -0.1) is 0 Å². The Morgan fingerprint density at radius 3 is 2.79 bits per heavy atom. The van der Waals surface area contributed by atoms with E-state index in [1.54, 1.807) is 29.4 Å². The molecule has 0 atom stereocenters. The number of fused-ring (bicyclic) bond motifs is 1. The van der Waals surface area contributed by atoms with E-state index >= 15 is 0 Å². The van der Waals surface area contributed by atoms with Gasteiger partial charge in [-0.25, -0.2) is 0 Å². The fraction of sp³-hybridized carbons (Fsp3) is 0.316. The van der Waals surface area contributed by atoms with Crippen LogP contribution in [0.4, 0.5) is 11.4 Å². The lowest BCUT2D eigenvalue weighted by Gasteiger charge is -2.30. The molecule has 0 bridgehead atoms. The van der Waals surface area contributed by atoms with E-state index in [2.05, 4.69) is 10.3 Å². The number of aryl methyl sites for hydroxylation is 1. The van der Waals surface area contributed by atoms with Crippen LogP contribution in [0.1, 0.15) is 36.2 Å². The van der Waals surface area contributed by atoms with Crippen molar-refractivity contribution in [1.29, 1.82) is 0 Å². The smallest absolute Gasteiger partial charge is 0.259 e. The van der Waals surface area contributed by atoms with Crippen LogP contribution in [0.3, 0.4) is 0 Å². The lowest BCUT2D eigenvalue weighted by molar-refractivity contribution is -0.118. The van der Waals surface area contributed by atoms with Crippen molar-refractivity contribution in [1.82, 2.24) is 4.98 Å². The van der Waals surface area contributed by atoms with Gasteiger partial charge in [0, 0.05) is 36.2 Å². The van der Waals surface area contributed by atoms with Crippen LogP contribution in [0.25, 0.3) is 0 Å². The molecule has 0 saturated carbocycles. The van der Waals surface area contributed by atoms with Gasteiger partial charge < -0.3 is 10.2 Å². The van der Waals surface area contributed by atoms with E-state index in [0.29, 0.717) is 12.1 Å². The van der Waals surface area contributed by atoms with Crippen molar-refractivity contribution in [3.63, 3.8) is 0 Å². The molecule has 3 rings (SSSR count). The molecular weight excluding hydrogens is 302 g/mol. The van der Waals surface area contributed by atoms with Crippen molar-refractivity contribution in [2.75, 3.05) is 16.8 Å². The Morgan fingerprint density at radius 1 is 1.25 bits per heavy atom. The summed E-state index contributed by atoms with van der Waals surface area (Å²) >= 11 is 0. The molecule has 24 heavy (non-hydrogen) atoms. The maximum absolute atomic E-state index is 12.7. The first-order chi connectivity index (χ1) is 11.6. The molecular formula is C19H21N3O2. The van der Waals surface area contributed by atoms with Crippen LogP contribution in [0.2, 0.25) is 0 Å². The predicted octanol–water partition coefficient (Wildman–Crippen LogP) is 3.27. The van der Waals surface area contributed by atoms with Crippen LogP contribution in [-0.4, -0.2) is 23.3 Å². The molecule has 0 aliphatic carbocycles. The predicted molar refractivity (Wildman–Crippen MR) is 94.1 cm³/mol. The van der Waals surface area contributed by atoms with Crippen molar-refractivity contribution >= 4 is 23.2 Å². The standard InChI is InChI=1S/C19H21N3O2/c1-13(2)18(23)21-16-7-8-17-14(11-16)6-4-10-22(17)19(24)15-5-3-9-20-12-15/h3,5,7-9,11-13H,4,6,10H2,1-2H3,(H,21,23). The fourth-order valence-corrected chi connectivity index (χ4v) is 2.82. The Labute approximate surface area is 141 Å². The second kappa shape index (κ2) is 6.83. The molecule has 0 saturated heterocycles. The zero-order valence-corrected chi connectivity index (χ0v) is 14.0. The van der Waals surface area contributed by atoms with E-state index in [9.17, 15) is 9.59 Å². The Bertz CT molecular complexity index is 756. The minimum atomic E-state index is -0.0651. The normalized spacial score (nSPS) is 13.5. The first-order valence-corrected chi connectivity index (χ1v) is 8.22. The van der Waals surface area contributed by atoms with E-state index in [-0.39, 0.29) is 17.7 Å². The lowest BCUT2D eigenvalue weighted by atomic mass is 10.00. The average molecular weight is 323 g/mol. The number of nitrogens with one attached hydrogen (secondary N) is 1. The molecule has 124 valence electrons. The third kappa shape index (κ3) is 3.30. The highest BCUT2D eigenvalue weighted by Crippen LogP contribution is 2.31. The maximum Gasteiger partial charge on any atom is 0.259 e. The van der Waals surface area contributed by atoms with Gasteiger partial charge in [0.25, 0.3) is 5.91 Å². The molecule has 2 amide bonds. The quantitative estimate of drug-likeness (QED) is 0.943. The number of aromatic nitrogens is 1. The highest BCUT2D eigenvalue weighted by atomic mass is 16.2. The number of hydrogen-bond donors (Lipinski definition) is 1.